The molecule has 0 saturated carbocycles. The van der Waals surface area contributed by atoms with Crippen LogP contribution in [0.2, 0.25) is 0 Å². The summed E-state index contributed by atoms with van der Waals surface area (Å²) >= 11 is 5.44. The summed E-state index contributed by atoms with van der Waals surface area (Å²) in [6.45, 7) is 0. The Balaban J connectivity index is 2.91. The molecule has 0 aliphatic carbocycles. The van der Waals surface area contributed by atoms with Gasteiger partial charge in [-0.3, -0.25) is 4.79 Å². The lowest BCUT2D eigenvalue weighted by atomic mass is 10.0. The number of phenolic OH excluding ortho intramolecular Hbond substituents is 1. The first-order valence-corrected chi connectivity index (χ1v) is 5.33. The zero-order chi connectivity index (χ0) is 12.1. The molecule has 0 saturated heterocycles. The Hall–Kier alpha value is -1.10. The van der Waals surface area contributed by atoms with Gasteiger partial charge in [0.15, 0.2) is 6.29 Å². The summed E-state index contributed by atoms with van der Waals surface area (Å²) in [7, 11) is 0. The number of aliphatic hydroxyl groups is 2. The van der Waals surface area contributed by atoms with E-state index in [1.54, 1.807) is 0 Å². The van der Waals surface area contributed by atoms with E-state index in [9.17, 15) is 20.1 Å². The molecule has 0 aliphatic heterocycles. The average molecular weight is 245 g/mol. The Morgan fingerprint density at radius 1 is 1.38 bits per heavy atom. The highest BCUT2D eigenvalue weighted by Crippen LogP contribution is 2.24. The molecule has 2 unspecified atom stereocenters. The van der Waals surface area contributed by atoms with Gasteiger partial charge < -0.3 is 15.3 Å². The van der Waals surface area contributed by atoms with Crippen molar-refractivity contribution in [3.8, 4) is 5.75 Å². The fraction of sp³-hybridized carbons (Fsp3) is 0.364. The summed E-state index contributed by atoms with van der Waals surface area (Å²) < 4.78 is 0. The van der Waals surface area contributed by atoms with Crippen molar-refractivity contribution >= 4 is 17.9 Å². The van der Waals surface area contributed by atoms with Gasteiger partial charge in [0.2, 0.25) is 0 Å². The fourth-order valence-corrected chi connectivity index (χ4v) is 1.57. The summed E-state index contributed by atoms with van der Waals surface area (Å²) in [5.74, 6) is 0.0782. The number of alkyl halides is 1. The van der Waals surface area contributed by atoms with Crippen LogP contribution in [0.1, 0.15) is 28.4 Å². The summed E-state index contributed by atoms with van der Waals surface area (Å²) in [6.07, 6.45) is -1.36. The highest BCUT2D eigenvalue weighted by atomic mass is 35.5. The summed E-state index contributed by atoms with van der Waals surface area (Å²) in [5, 5.41) is 28.5. The molecule has 1 aromatic rings. The third-order valence-electron chi connectivity index (χ3n) is 2.29. The molecule has 1 rings (SSSR count). The monoisotopic (exact) mass is 244 g/mol. The van der Waals surface area contributed by atoms with E-state index in [1.807, 2.05) is 0 Å². The van der Waals surface area contributed by atoms with Crippen molar-refractivity contribution in [1.82, 2.24) is 0 Å². The lowest BCUT2D eigenvalue weighted by molar-refractivity contribution is 0.0169. The topological polar surface area (TPSA) is 77.8 Å². The predicted octanol–water partition coefficient (Wildman–Crippen LogP) is 1.23. The lowest BCUT2D eigenvalue weighted by Crippen LogP contribution is -2.18. The second-order valence-electron chi connectivity index (χ2n) is 3.43. The number of hydrogen-bond acceptors (Lipinski definition) is 4. The zero-order valence-electron chi connectivity index (χ0n) is 8.51. The van der Waals surface area contributed by atoms with E-state index in [-0.39, 0.29) is 23.6 Å². The van der Waals surface area contributed by atoms with Gasteiger partial charge in [-0.2, -0.15) is 0 Å². The van der Waals surface area contributed by atoms with Crippen LogP contribution in [-0.4, -0.2) is 33.6 Å². The molecule has 88 valence electrons. The predicted molar refractivity (Wildman–Crippen MR) is 59.8 cm³/mol. The van der Waals surface area contributed by atoms with Gasteiger partial charge in [0, 0.05) is 5.88 Å². The van der Waals surface area contributed by atoms with Crippen molar-refractivity contribution in [3.05, 3.63) is 29.3 Å². The van der Waals surface area contributed by atoms with E-state index < -0.39 is 12.2 Å². The molecule has 3 N–H and O–H groups in total. The second kappa shape index (κ2) is 5.84. The van der Waals surface area contributed by atoms with E-state index >= 15 is 0 Å². The Morgan fingerprint density at radius 3 is 2.62 bits per heavy atom. The van der Waals surface area contributed by atoms with Crippen molar-refractivity contribution in [2.45, 2.75) is 18.6 Å². The highest BCUT2D eigenvalue weighted by Gasteiger charge is 2.18. The molecule has 0 radical (unpaired) electrons. The number of rotatable bonds is 5. The standard InChI is InChI=1S/C11H13ClO4/c12-4-3-10(15)11(16)7-1-2-9(14)8(5-7)6-13/h1-2,5-6,10-11,14-16H,3-4H2. The Kier molecular flexibility index (Phi) is 4.73. The number of phenols is 1. The van der Waals surface area contributed by atoms with Gasteiger partial charge in [-0.15, -0.1) is 11.6 Å². The van der Waals surface area contributed by atoms with Crippen LogP contribution < -0.4 is 0 Å². The van der Waals surface area contributed by atoms with Crippen molar-refractivity contribution in [2.24, 2.45) is 0 Å². The Morgan fingerprint density at radius 2 is 2.06 bits per heavy atom. The molecule has 4 nitrogen and oxygen atoms in total. The van der Waals surface area contributed by atoms with Crippen molar-refractivity contribution in [2.75, 3.05) is 5.88 Å². The first kappa shape index (κ1) is 13.0. The van der Waals surface area contributed by atoms with Gasteiger partial charge in [-0.25, -0.2) is 0 Å². The molecular formula is C11H13ClO4. The molecule has 0 bridgehead atoms. The van der Waals surface area contributed by atoms with Crippen LogP contribution in [0.4, 0.5) is 0 Å². The van der Waals surface area contributed by atoms with Crippen LogP contribution >= 0.6 is 11.6 Å². The van der Waals surface area contributed by atoms with Crippen LogP contribution in [0.15, 0.2) is 18.2 Å². The van der Waals surface area contributed by atoms with Gasteiger partial charge in [-0.1, -0.05) is 6.07 Å². The molecule has 0 amide bonds. The van der Waals surface area contributed by atoms with Crippen LogP contribution in [0.25, 0.3) is 0 Å². The fourth-order valence-electron chi connectivity index (χ4n) is 1.34. The Labute approximate surface area is 98.1 Å². The third kappa shape index (κ3) is 2.95. The zero-order valence-corrected chi connectivity index (χ0v) is 9.26. The number of aromatic hydroxyl groups is 1. The highest BCUT2D eigenvalue weighted by molar-refractivity contribution is 6.17. The van der Waals surface area contributed by atoms with E-state index in [0.717, 1.165) is 0 Å². The number of aldehydes is 1. The average Bonchev–Trinajstić information content (AvgIpc) is 2.29. The number of hydrogen-bond donors (Lipinski definition) is 3. The molecule has 0 aliphatic rings. The second-order valence-corrected chi connectivity index (χ2v) is 3.80. The molecule has 0 heterocycles. The van der Waals surface area contributed by atoms with E-state index in [0.29, 0.717) is 11.8 Å². The van der Waals surface area contributed by atoms with Gasteiger partial charge >= 0.3 is 0 Å². The number of carbonyl (C=O) groups is 1. The van der Waals surface area contributed by atoms with Crippen molar-refractivity contribution in [1.29, 1.82) is 0 Å². The van der Waals surface area contributed by atoms with E-state index in [1.165, 1.54) is 18.2 Å². The molecule has 16 heavy (non-hydrogen) atoms. The minimum Gasteiger partial charge on any atom is -0.507 e. The molecule has 5 heteroatoms. The minimum atomic E-state index is -1.11. The number of aliphatic hydroxyl groups excluding tert-OH is 2. The van der Waals surface area contributed by atoms with Gasteiger partial charge in [0.1, 0.15) is 11.9 Å². The Bertz CT molecular complexity index is 367. The maximum absolute atomic E-state index is 10.6. The lowest BCUT2D eigenvalue weighted by Gasteiger charge is -2.17. The quantitative estimate of drug-likeness (QED) is 0.538. The van der Waals surface area contributed by atoms with Gasteiger partial charge in [0.25, 0.3) is 0 Å². The normalized spacial score (nSPS) is 14.4. The third-order valence-corrected chi connectivity index (χ3v) is 2.51. The molecule has 2 atom stereocenters. The maximum Gasteiger partial charge on any atom is 0.153 e. The molecule has 1 aromatic carbocycles. The van der Waals surface area contributed by atoms with Gasteiger partial charge in [0.05, 0.1) is 11.7 Å². The molecule has 0 fully saturated rings. The van der Waals surface area contributed by atoms with E-state index in [4.69, 9.17) is 11.6 Å². The van der Waals surface area contributed by atoms with Crippen LogP contribution in [-0.2, 0) is 0 Å². The van der Waals surface area contributed by atoms with Crippen molar-refractivity contribution in [3.63, 3.8) is 0 Å². The summed E-state index contributed by atoms with van der Waals surface area (Å²) in [4.78, 5) is 10.6. The smallest absolute Gasteiger partial charge is 0.153 e. The first-order chi connectivity index (χ1) is 7.60. The van der Waals surface area contributed by atoms with Crippen molar-refractivity contribution < 1.29 is 20.1 Å². The van der Waals surface area contributed by atoms with Crippen LogP contribution in [0.5, 0.6) is 5.75 Å². The molecule has 0 aromatic heterocycles. The molecule has 0 spiro atoms. The van der Waals surface area contributed by atoms with Gasteiger partial charge in [-0.05, 0) is 24.1 Å². The molecular weight excluding hydrogens is 232 g/mol. The van der Waals surface area contributed by atoms with Crippen LogP contribution in [0.3, 0.4) is 0 Å². The SMILES string of the molecule is O=Cc1cc(C(O)C(O)CCCl)ccc1O. The minimum absolute atomic E-state index is 0.0784. The number of benzene rings is 1. The number of carbonyl (C=O) groups excluding carboxylic acids is 1. The maximum atomic E-state index is 10.6. The van der Waals surface area contributed by atoms with Crippen LogP contribution in [0, 0.1) is 0 Å². The van der Waals surface area contributed by atoms with E-state index in [2.05, 4.69) is 0 Å². The summed E-state index contributed by atoms with van der Waals surface area (Å²) in [5.41, 5.74) is 0.451. The summed E-state index contributed by atoms with van der Waals surface area (Å²) in [6, 6.07) is 4.09. The first-order valence-electron chi connectivity index (χ1n) is 4.80. The number of halogens is 1. The largest absolute Gasteiger partial charge is 0.507 e.